The molecule has 216 valence electrons. The molecule has 4 unspecified atom stereocenters. The van der Waals surface area contributed by atoms with Crippen LogP contribution in [0.25, 0.3) is 0 Å². The number of piperidine rings is 1. The molecule has 42 heavy (non-hydrogen) atoms. The molecule has 2 aromatic rings. The van der Waals surface area contributed by atoms with E-state index < -0.39 is 35.0 Å². The smallest absolute Gasteiger partial charge is 0.433 e. The average molecular weight is 580 g/mol. The van der Waals surface area contributed by atoms with Crippen molar-refractivity contribution in [1.82, 2.24) is 14.9 Å². The lowest BCUT2D eigenvalue weighted by molar-refractivity contribution is -0.120. The Kier molecular flexibility index (Phi) is 5.77. The Morgan fingerprint density at radius 2 is 2.12 bits per heavy atom. The summed E-state index contributed by atoms with van der Waals surface area (Å²) in [5.41, 5.74) is 4.78. The van der Waals surface area contributed by atoms with Gasteiger partial charge in [0.1, 0.15) is 11.5 Å². The number of dihydropyridines is 1. The Bertz CT molecular complexity index is 1660. The van der Waals surface area contributed by atoms with Crippen LogP contribution in [0.4, 0.5) is 19.0 Å². The first kappa shape index (κ1) is 26.3. The number of ether oxygens (including phenoxy) is 1. The van der Waals surface area contributed by atoms with Crippen LogP contribution in [0.2, 0.25) is 0 Å². The summed E-state index contributed by atoms with van der Waals surface area (Å²) in [6, 6.07) is 5.18. The van der Waals surface area contributed by atoms with Crippen LogP contribution >= 0.6 is 0 Å². The van der Waals surface area contributed by atoms with E-state index in [2.05, 4.69) is 20.1 Å². The highest BCUT2D eigenvalue weighted by atomic mass is 19.4. The van der Waals surface area contributed by atoms with E-state index >= 15 is 0 Å². The molecule has 4 atom stereocenters. The number of carbonyl (C=O) groups excluding carboxylic acids is 2. The summed E-state index contributed by atoms with van der Waals surface area (Å²) < 4.78 is 51.8. The number of aliphatic imine (C=N–C) groups is 1. The van der Waals surface area contributed by atoms with Crippen molar-refractivity contribution in [2.75, 3.05) is 25.2 Å². The molecule has 0 bridgehead atoms. The van der Waals surface area contributed by atoms with E-state index in [9.17, 15) is 22.8 Å². The van der Waals surface area contributed by atoms with Gasteiger partial charge in [0, 0.05) is 31.6 Å². The summed E-state index contributed by atoms with van der Waals surface area (Å²) >= 11 is 0. The largest absolute Gasteiger partial charge is 0.495 e. The second kappa shape index (κ2) is 9.21. The van der Waals surface area contributed by atoms with E-state index in [0.717, 1.165) is 6.08 Å². The van der Waals surface area contributed by atoms with Gasteiger partial charge in [0.25, 0.3) is 11.8 Å². The molecule has 1 saturated carbocycles. The van der Waals surface area contributed by atoms with E-state index in [-0.39, 0.29) is 53.7 Å². The zero-order chi connectivity index (χ0) is 29.4. The summed E-state index contributed by atoms with van der Waals surface area (Å²) in [6.45, 7) is 0.291. The number of alkyl halides is 3. The van der Waals surface area contributed by atoms with E-state index in [1.807, 2.05) is 6.08 Å². The van der Waals surface area contributed by atoms with Gasteiger partial charge in [0.05, 0.1) is 42.3 Å². The molecule has 2 amide bonds. The third kappa shape index (κ3) is 3.77. The Labute approximate surface area is 236 Å². The molecule has 7 rings (SSSR count). The van der Waals surface area contributed by atoms with Crippen LogP contribution in [0.1, 0.15) is 34.5 Å². The van der Waals surface area contributed by atoms with Crippen molar-refractivity contribution in [3.05, 3.63) is 77.5 Å². The van der Waals surface area contributed by atoms with Crippen molar-refractivity contribution in [2.24, 2.45) is 33.1 Å². The van der Waals surface area contributed by atoms with Crippen LogP contribution in [0, 0.1) is 17.3 Å². The summed E-state index contributed by atoms with van der Waals surface area (Å²) in [5.74, 6) is -1.19. The number of oxazole rings is 1. The standard InChI is InChI=1S/C28H24F3N7O4/c1-41-17-6-5-15-21(27(15)9-7-19(28(29,30)31)34-23(17)27)24-35-22(18(12-32)42-24)26(40)37-11-8-16-14(13-37)25(39)38(36-16)20-4-2-3-10-33-20/h2-7,9-10,14-15,21H,8,11-13,32H2,1H3. The number of allylic oxidation sites excluding steroid dienone is 4. The maximum absolute atomic E-state index is 13.7. The molecule has 1 spiro atoms. The van der Waals surface area contributed by atoms with Gasteiger partial charge in [-0.05, 0) is 24.3 Å². The Balaban J connectivity index is 1.15. The molecule has 2 aliphatic carbocycles. The number of methoxy groups -OCH3 is 1. The van der Waals surface area contributed by atoms with Gasteiger partial charge in [0.15, 0.2) is 23.2 Å². The van der Waals surface area contributed by atoms with Crippen LogP contribution in [-0.4, -0.2) is 64.5 Å². The molecule has 1 saturated heterocycles. The molecule has 0 radical (unpaired) electrons. The number of rotatable bonds is 5. The molecular formula is C28H24F3N7O4. The fourth-order valence-electron chi connectivity index (χ4n) is 6.29. The predicted molar refractivity (Wildman–Crippen MR) is 142 cm³/mol. The summed E-state index contributed by atoms with van der Waals surface area (Å²) in [6.07, 6.45) is 3.18. The monoisotopic (exact) mass is 579 g/mol. The number of amides is 2. The van der Waals surface area contributed by atoms with Crippen LogP contribution < -0.4 is 10.7 Å². The van der Waals surface area contributed by atoms with Gasteiger partial charge in [-0.15, -0.1) is 0 Å². The van der Waals surface area contributed by atoms with Crippen LogP contribution in [0.15, 0.2) is 74.7 Å². The second-order valence-electron chi connectivity index (χ2n) is 10.6. The third-order valence-corrected chi connectivity index (χ3v) is 8.37. The van der Waals surface area contributed by atoms with Gasteiger partial charge in [0.2, 0.25) is 0 Å². The molecular weight excluding hydrogens is 555 g/mol. The van der Waals surface area contributed by atoms with Crippen molar-refractivity contribution in [3.8, 4) is 0 Å². The van der Waals surface area contributed by atoms with Gasteiger partial charge in [-0.1, -0.05) is 18.2 Å². The molecule has 5 aliphatic rings. The van der Waals surface area contributed by atoms with E-state index in [0.29, 0.717) is 24.5 Å². The fourth-order valence-corrected chi connectivity index (χ4v) is 6.29. The molecule has 11 nitrogen and oxygen atoms in total. The zero-order valence-corrected chi connectivity index (χ0v) is 22.2. The SMILES string of the molecule is COC1=C2N=C(C(F)(F)F)C=CC23C(C=C1)C3c1nc(C(=O)N2CCC3=NN(c4ccccn4)C(=O)C3C2)c(CN)o1. The summed E-state index contributed by atoms with van der Waals surface area (Å²) in [5, 5.41) is 5.71. The first-order valence-corrected chi connectivity index (χ1v) is 13.3. The molecule has 14 heteroatoms. The number of nitrogens with two attached hydrogens (primary N) is 1. The molecule has 5 heterocycles. The van der Waals surface area contributed by atoms with E-state index in [1.165, 1.54) is 23.1 Å². The maximum atomic E-state index is 13.7. The minimum absolute atomic E-state index is 0.0145. The van der Waals surface area contributed by atoms with Crippen LogP contribution in [0.5, 0.6) is 0 Å². The molecule has 3 aliphatic heterocycles. The fraction of sp³-hybridized carbons (Fsp3) is 0.357. The maximum Gasteiger partial charge on any atom is 0.433 e. The number of anilines is 1. The summed E-state index contributed by atoms with van der Waals surface area (Å²) in [7, 11) is 1.37. The quantitative estimate of drug-likeness (QED) is 0.574. The molecule has 2 N–H and O–H groups in total. The first-order chi connectivity index (χ1) is 20.2. The van der Waals surface area contributed by atoms with Crippen LogP contribution in [0.3, 0.4) is 0 Å². The molecule has 0 aromatic carbocycles. The van der Waals surface area contributed by atoms with Gasteiger partial charge in [-0.2, -0.15) is 23.3 Å². The number of hydrogen-bond acceptors (Lipinski definition) is 9. The third-order valence-electron chi connectivity index (χ3n) is 8.37. The van der Waals surface area contributed by atoms with Gasteiger partial charge >= 0.3 is 6.18 Å². The number of aromatic nitrogens is 2. The number of halogens is 3. The van der Waals surface area contributed by atoms with Gasteiger partial charge in [-0.25, -0.2) is 15.0 Å². The molecule has 2 fully saturated rings. The molecule has 2 aromatic heterocycles. The number of hydrogen-bond donors (Lipinski definition) is 1. The number of likely N-dealkylation sites (tertiary alicyclic amines) is 1. The highest BCUT2D eigenvalue weighted by molar-refractivity contribution is 6.16. The average Bonchev–Trinajstić information content (AvgIpc) is 3.26. The van der Waals surface area contributed by atoms with Gasteiger partial charge < -0.3 is 19.8 Å². The van der Waals surface area contributed by atoms with E-state index in [4.69, 9.17) is 14.9 Å². The number of fused-ring (bicyclic) bond motifs is 1. The normalized spacial score (nSPS) is 27.8. The first-order valence-electron chi connectivity index (χ1n) is 13.3. The highest BCUT2D eigenvalue weighted by Gasteiger charge is 2.70. The van der Waals surface area contributed by atoms with Crippen molar-refractivity contribution in [2.45, 2.75) is 25.1 Å². The lowest BCUT2D eigenvalue weighted by Crippen LogP contribution is -2.46. The number of hydrazone groups is 1. The predicted octanol–water partition coefficient (Wildman–Crippen LogP) is 3.09. The van der Waals surface area contributed by atoms with Crippen molar-refractivity contribution in [1.29, 1.82) is 0 Å². The highest BCUT2D eigenvalue weighted by Crippen LogP contribution is 2.73. The minimum Gasteiger partial charge on any atom is -0.495 e. The summed E-state index contributed by atoms with van der Waals surface area (Å²) in [4.78, 5) is 41.0. The lowest BCUT2D eigenvalue weighted by Gasteiger charge is -2.29. The Morgan fingerprint density at radius 3 is 2.83 bits per heavy atom. The number of carbonyl (C=O) groups is 2. The Morgan fingerprint density at radius 1 is 1.29 bits per heavy atom. The number of pyridine rings is 1. The van der Waals surface area contributed by atoms with Crippen molar-refractivity contribution >= 4 is 29.1 Å². The van der Waals surface area contributed by atoms with Gasteiger partial charge in [-0.3, -0.25) is 9.59 Å². The van der Waals surface area contributed by atoms with Crippen molar-refractivity contribution < 1.29 is 31.9 Å². The topological polar surface area (TPSA) is 140 Å². The number of nitrogens with zero attached hydrogens (tertiary/aromatic N) is 6. The van der Waals surface area contributed by atoms with Crippen LogP contribution in [-0.2, 0) is 16.1 Å². The Hall–Kier alpha value is -4.59. The lowest BCUT2D eigenvalue weighted by atomic mass is 9.89. The minimum atomic E-state index is -4.63. The van der Waals surface area contributed by atoms with Crippen molar-refractivity contribution in [3.63, 3.8) is 0 Å². The zero-order valence-electron chi connectivity index (χ0n) is 22.2. The van der Waals surface area contributed by atoms with E-state index in [1.54, 1.807) is 30.5 Å². The second-order valence-corrected chi connectivity index (χ2v) is 10.6.